The number of alkyl carbamates (subject to hydrolysis) is 1. The van der Waals surface area contributed by atoms with Crippen LogP contribution in [0.1, 0.15) is 5.56 Å². The van der Waals surface area contributed by atoms with Crippen molar-refractivity contribution < 1.29 is 34.7 Å². The van der Waals surface area contributed by atoms with Crippen LogP contribution in [0.4, 0.5) is 4.79 Å². The van der Waals surface area contributed by atoms with Gasteiger partial charge in [-0.1, -0.05) is 30.3 Å². The van der Waals surface area contributed by atoms with E-state index in [-0.39, 0.29) is 6.61 Å². The second kappa shape index (κ2) is 7.52. The molecule has 122 valence electrons. The highest BCUT2D eigenvalue weighted by Crippen LogP contribution is 2.19. The molecule has 5 N–H and O–H groups in total. The van der Waals surface area contributed by atoms with Crippen LogP contribution in [-0.4, -0.2) is 63.8 Å². The number of hydrogen-bond donors (Lipinski definition) is 5. The first-order chi connectivity index (χ1) is 10.5. The normalized spacial score (nSPS) is 31.5. The van der Waals surface area contributed by atoms with Gasteiger partial charge in [-0.2, -0.15) is 0 Å². The highest BCUT2D eigenvalue weighted by molar-refractivity contribution is 5.67. The second-order valence-corrected chi connectivity index (χ2v) is 4.96. The number of carbonyl (C=O) groups excluding carboxylic acids is 1. The van der Waals surface area contributed by atoms with Gasteiger partial charge in [0.25, 0.3) is 0 Å². The van der Waals surface area contributed by atoms with Gasteiger partial charge >= 0.3 is 6.09 Å². The molecule has 5 atom stereocenters. The van der Waals surface area contributed by atoms with E-state index in [2.05, 4.69) is 5.32 Å². The molecule has 22 heavy (non-hydrogen) atoms. The van der Waals surface area contributed by atoms with Gasteiger partial charge in [-0.15, -0.1) is 0 Å². The first-order valence-corrected chi connectivity index (χ1v) is 6.80. The summed E-state index contributed by atoms with van der Waals surface area (Å²) in [5.41, 5.74) is 0.777. The van der Waals surface area contributed by atoms with Gasteiger partial charge in [0.15, 0.2) is 6.29 Å². The van der Waals surface area contributed by atoms with Crippen LogP contribution in [-0.2, 0) is 16.1 Å². The third-order valence-corrected chi connectivity index (χ3v) is 3.40. The number of benzene rings is 1. The van der Waals surface area contributed by atoms with Crippen molar-refractivity contribution in [1.29, 1.82) is 0 Å². The smallest absolute Gasteiger partial charge is 0.407 e. The molecule has 8 nitrogen and oxygen atoms in total. The fraction of sp³-hybridized carbons (Fsp3) is 0.500. The average molecular weight is 313 g/mol. The van der Waals surface area contributed by atoms with Crippen LogP contribution in [0.25, 0.3) is 0 Å². The molecule has 0 aromatic heterocycles. The lowest BCUT2D eigenvalue weighted by molar-refractivity contribution is -0.253. The Labute approximate surface area is 126 Å². The van der Waals surface area contributed by atoms with Crippen LogP contribution in [0.5, 0.6) is 0 Å². The van der Waals surface area contributed by atoms with Crippen molar-refractivity contribution in [2.45, 2.75) is 37.3 Å². The van der Waals surface area contributed by atoms with Gasteiger partial charge in [-0.3, -0.25) is 0 Å². The molecular formula is C14H19NO7. The van der Waals surface area contributed by atoms with E-state index in [1.54, 1.807) is 24.3 Å². The Balaban J connectivity index is 1.87. The molecule has 1 aliphatic rings. The van der Waals surface area contributed by atoms with Crippen molar-refractivity contribution >= 4 is 6.09 Å². The number of ether oxygens (including phenoxy) is 2. The molecule has 8 heteroatoms. The number of carbonyl (C=O) groups is 1. The van der Waals surface area contributed by atoms with Gasteiger partial charge in [-0.05, 0) is 5.56 Å². The summed E-state index contributed by atoms with van der Waals surface area (Å²) in [4.78, 5) is 11.7. The quantitative estimate of drug-likeness (QED) is 0.468. The van der Waals surface area contributed by atoms with Gasteiger partial charge in [0.2, 0.25) is 0 Å². The van der Waals surface area contributed by atoms with E-state index in [0.717, 1.165) is 5.56 Å². The molecule has 0 saturated carbocycles. The predicted molar refractivity (Wildman–Crippen MR) is 73.5 cm³/mol. The molecule has 1 aliphatic heterocycles. The Kier molecular flexibility index (Phi) is 5.69. The van der Waals surface area contributed by atoms with Gasteiger partial charge in [0, 0.05) is 0 Å². The molecule has 0 aliphatic carbocycles. The summed E-state index contributed by atoms with van der Waals surface area (Å²) in [6, 6.07) is 7.71. The molecule has 0 unspecified atom stereocenters. The molecule has 1 amide bonds. The van der Waals surface area contributed by atoms with E-state index >= 15 is 0 Å². The summed E-state index contributed by atoms with van der Waals surface area (Å²) in [6.07, 6.45) is -6.49. The number of hydrogen-bond acceptors (Lipinski definition) is 7. The molecule has 1 aromatic carbocycles. The van der Waals surface area contributed by atoms with Gasteiger partial charge in [0.05, 0.1) is 6.61 Å². The topological polar surface area (TPSA) is 128 Å². The summed E-state index contributed by atoms with van der Waals surface area (Å²) in [5, 5.41) is 40.5. The van der Waals surface area contributed by atoms with Crippen LogP contribution >= 0.6 is 0 Å². The molecule has 1 heterocycles. The van der Waals surface area contributed by atoms with E-state index in [1.807, 2.05) is 6.07 Å². The lowest BCUT2D eigenvalue weighted by atomic mass is 9.97. The van der Waals surface area contributed by atoms with Crippen LogP contribution in [0.15, 0.2) is 30.3 Å². The van der Waals surface area contributed by atoms with Crippen LogP contribution in [0.2, 0.25) is 0 Å². The Bertz CT molecular complexity index is 483. The van der Waals surface area contributed by atoms with E-state index in [9.17, 15) is 20.1 Å². The zero-order valence-corrected chi connectivity index (χ0v) is 11.7. The molecule has 0 spiro atoms. The fourth-order valence-corrected chi connectivity index (χ4v) is 2.15. The maximum atomic E-state index is 11.7. The third-order valence-electron chi connectivity index (χ3n) is 3.40. The first kappa shape index (κ1) is 16.7. The zero-order valence-electron chi connectivity index (χ0n) is 11.7. The summed E-state index contributed by atoms with van der Waals surface area (Å²) < 4.78 is 9.88. The van der Waals surface area contributed by atoms with Crippen LogP contribution in [0, 0.1) is 0 Å². The van der Waals surface area contributed by atoms with Crippen molar-refractivity contribution in [3.05, 3.63) is 35.9 Å². The number of rotatable bonds is 4. The molecule has 1 aromatic rings. The number of aliphatic hydroxyl groups is 4. The monoisotopic (exact) mass is 313 g/mol. The third kappa shape index (κ3) is 3.93. The minimum atomic E-state index is -1.57. The maximum absolute atomic E-state index is 11.7. The van der Waals surface area contributed by atoms with Gasteiger partial charge in [0.1, 0.15) is 31.0 Å². The van der Waals surface area contributed by atoms with E-state index < -0.39 is 43.3 Å². The Hall–Kier alpha value is -1.71. The van der Waals surface area contributed by atoms with Crippen LogP contribution < -0.4 is 5.32 Å². The van der Waals surface area contributed by atoms with Gasteiger partial charge in [-0.25, -0.2) is 4.79 Å². The molecule has 1 saturated heterocycles. The number of amides is 1. The van der Waals surface area contributed by atoms with Crippen molar-refractivity contribution in [2.75, 3.05) is 6.61 Å². The summed E-state index contributed by atoms with van der Waals surface area (Å²) in [5.74, 6) is 0. The lowest BCUT2D eigenvalue weighted by Crippen LogP contribution is -2.64. The first-order valence-electron chi connectivity index (χ1n) is 6.80. The SMILES string of the molecule is O=C(N[C@@H]1[C@H](O)[C@H](O)[C@H](CO)O[C@H]1O)OCc1ccccc1. The van der Waals surface area contributed by atoms with Crippen molar-refractivity contribution in [1.82, 2.24) is 5.32 Å². The molecule has 2 rings (SSSR count). The maximum Gasteiger partial charge on any atom is 0.407 e. The highest BCUT2D eigenvalue weighted by Gasteiger charge is 2.44. The predicted octanol–water partition coefficient (Wildman–Crippen LogP) is -1.29. The zero-order chi connectivity index (χ0) is 16.1. The summed E-state index contributed by atoms with van der Waals surface area (Å²) in [7, 11) is 0. The van der Waals surface area contributed by atoms with Crippen LogP contribution in [0.3, 0.4) is 0 Å². The van der Waals surface area contributed by atoms with Gasteiger partial charge < -0.3 is 35.2 Å². The number of nitrogens with one attached hydrogen (secondary N) is 1. The number of aliphatic hydroxyl groups excluding tert-OH is 4. The van der Waals surface area contributed by atoms with Crippen molar-refractivity contribution in [3.8, 4) is 0 Å². The van der Waals surface area contributed by atoms with E-state index in [4.69, 9.17) is 14.6 Å². The van der Waals surface area contributed by atoms with Crippen molar-refractivity contribution in [3.63, 3.8) is 0 Å². The minimum Gasteiger partial charge on any atom is -0.445 e. The summed E-state index contributed by atoms with van der Waals surface area (Å²) in [6.45, 7) is -0.547. The van der Waals surface area contributed by atoms with E-state index in [1.165, 1.54) is 0 Å². The molecule has 0 bridgehead atoms. The molecule has 0 radical (unpaired) electrons. The van der Waals surface area contributed by atoms with Crippen molar-refractivity contribution in [2.24, 2.45) is 0 Å². The largest absolute Gasteiger partial charge is 0.445 e. The fourth-order valence-electron chi connectivity index (χ4n) is 2.15. The molecule has 1 fully saturated rings. The van der Waals surface area contributed by atoms with E-state index in [0.29, 0.717) is 0 Å². The molecular weight excluding hydrogens is 294 g/mol. The Morgan fingerprint density at radius 1 is 1.18 bits per heavy atom. The lowest BCUT2D eigenvalue weighted by Gasteiger charge is -2.39. The second-order valence-electron chi connectivity index (χ2n) is 4.96. The average Bonchev–Trinajstić information content (AvgIpc) is 2.54. The standard InChI is InChI=1S/C14H19NO7/c16-6-9-11(17)12(18)10(13(19)22-9)15-14(20)21-7-8-4-2-1-3-5-8/h1-5,9-13,16-19H,6-7H2,(H,15,20)/t9-,10+,11+,12-,13+/m0/s1. The Morgan fingerprint density at radius 2 is 1.86 bits per heavy atom. The summed E-state index contributed by atoms with van der Waals surface area (Å²) >= 11 is 0. The highest BCUT2D eigenvalue weighted by atomic mass is 16.6. The minimum absolute atomic E-state index is 0.0221. The Morgan fingerprint density at radius 3 is 2.50 bits per heavy atom.